The lowest BCUT2D eigenvalue weighted by atomic mass is 10.1. The van der Waals surface area contributed by atoms with Crippen molar-refractivity contribution in [2.45, 2.75) is 48.9 Å². The molecule has 1 heterocycles. The number of aromatic nitrogens is 2. The third-order valence-corrected chi connectivity index (χ3v) is 4.96. The average Bonchev–Trinajstić information content (AvgIpc) is 2.96. The third kappa shape index (κ3) is 3.05. The quantitative estimate of drug-likeness (QED) is 0.843. The number of aryl methyl sites for hydroxylation is 2. The topological polar surface area (TPSA) is 37.8 Å². The van der Waals surface area contributed by atoms with Gasteiger partial charge in [-0.25, -0.2) is 9.97 Å². The normalized spacial score (nSPS) is 13.2. The molecule has 1 N–H and O–H groups in total. The molecule has 1 aromatic heterocycles. The van der Waals surface area contributed by atoms with Crippen LogP contribution in [0.1, 0.15) is 36.5 Å². The fraction of sp³-hybridized carbons (Fsp3) is 0.412. The van der Waals surface area contributed by atoms with Crippen molar-refractivity contribution in [3.05, 3.63) is 41.2 Å². The first-order valence-electron chi connectivity index (χ1n) is 7.63. The molecule has 1 aliphatic carbocycles. The summed E-state index contributed by atoms with van der Waals surface area (Å²) in [5, 5.41) is 4.26. The fourth-order valence-electron chi connectivity index (χ4n) is 2.90. The van der Waals surface area contributed by atoms with E-state index in [1.807, 2.05) is 7.05 Å². The van der Waals surface area contributed by atoms with Crippen LogP contribution in [0.25, 0.3) is 0 Å². The predicted octanol–water partition coefficient (Wildman–Crippen LogP) is 4.11. The standard InChI is InChI=1S/C17H21N3S/c1-3-5-15-16(18-2)19-11-20-17(15)21-14-9-8-12-6-4-7-13(12)10-14/h8-11H,3-7H2,1-2H3,(H,18,19,20). The van der Waals surface area contributed by atoms with Crippen molar-refractivity contribution in [2.75, 3.05) is 12.4 Å². The first kappa shape index (κ1) is 14.4. The van der Waals surface area contributed by atoms with Crippen LogP contribution in [0.2, 0.25) is 0 Å². The Balaban J connectivity index is 1.90. The lowest BCUT2D eigenvalue weighted by Gasteiger charge is -2.12. The number of nitrogens with one attached hydrogen (secondary N) is 1. The van der Waals surface area contributed by atoms with Crippen molar-refractivity contribution < 1.29 is 0 Å². The first-order valence-corrected chi connectivity index (χ1v) is 8.44. The maximum absolute atomic E-state index is 4.51. The summed E-state index contributed by atoms with van der Waals surface area (Å²) in [5.41, 5.74) is 4.26. The minimum Gasteiger partial charge on any atom is -0.373 e. The van der Waals surface area contributed by atoms with Gasteiger partial charge in [0, 0.05) is 17.5 Å². The Kier molecular flexibility index (Phi) is 4.44. The minimum absolute atomic E-state index is 0.954. The molecule has 0 saturated heterocycles. The summed E-state index contributed by atoms with van der Waals surface area (Å²) in [5.74, 6) is 0.954. The summed E-state index contributed by atoms with van der Waals surface area (Å²) in [7, 11) is 1.92. The zero-order chi connectivity index (χ0) is 14.7. The van der Waals surface area contributed by atoms with Gasteiger partial charge in [0.15, 0.2) is 0 Å². The van der Waals surface area contributed by atoms with E-state index < -0.39 is 0 Å². The van der Waals surface area contributed by atoms with Gasteiger partial charge in [-0.3, -0.25) is 0 Å². The molecule has 1 aliphatic rings. The van der Waals surface area contributed by atoms with Crippen LogP contribution in [-0.2, 0) is 19.3 Å². The molecule has 0 amide bonds. The number of hydrogen-bond donors (Lipinski definition) is 1. The van der Waals surface area contributed by atoms with Crippen LogP contribution >= 0.6 is 11.8 Å². The highest BCUT2D eigenvalue weighted by molar-refractivity contribution is 7.99. The number of fused-ring (bicyclic) bond motifs is 1. The van der Waals surface area contributed by atoms with Gasteiger partial charge < -0.3 is 5.32 Å². The third-order valence-electron chi connectivity index (χ3n) is 3.93. The highest BCUT2D eigenvalue weighted by Gasteiger charge is 2.14. The van der Waals surface area contributed by atoms with Gasteiger partial charge in [0.2, 0.25) is 0 Å². The summed E-state index contributed by atoms with van der Waals surface area (Å²) in [6.07, 6.45) is 7.50. The van der Waals surface area contributed by atoms with E-state index in [0.29, 0.717) is 0 Å². The maximum Gasteiger partial charge on any atom is 0.133 e. The molecule has 1 aromatic carbocycles. The zero-order valence-corrected chi connectivity index (χ0v) is 13.5. The molecule has 2 aromatic rings. The smallest absolute Gasteiger partial charge is 0.133 e. The van der Waals surface area contributed by atoms with E-state index in [0.717, 1.165) is 23.7 Å². The van der Waals surface area contributed by atoms with Crippen LogP contribution in [0.15, 0.2) is 34.4 Å². The molecular formula is C17H21N3S. The number of nitrogens with zero attached hydrogens (tertiary/aromatic N) is 2. The minimum atomic E-state index is 0.954. The molecule has 4 heteroatoms. The van der Waals surface area contributed by atoms with Gasteiger partial charge in [-0.2, -0.15) is 0 Å². The molecule has 0 bridgehead atoms. The largest absolute Gasteiger partial charge is 0.373 e. The molecule has 3 rings (SSSR count). The molecule has 3 nitrogen and oxygen atoms in total. The van der Waals surface area contributed by atoms with Gasteiger partial charge in [-0.05, 0) is 48.9 Å². The van der Waals surface area contributed by atoms with Gasteiger partial charge in [-0.1, -0.05) is 31.2 Å². The van der Waals surface area contributed by atoms with E-state index in [-0.39, 0.29) is 0 Å². The number of hydrogen-bond acceptors (Lipinski definition) is 4. The lowest BCUT2D eigenvalue weighted by molar-refractivity contribution is 0.858. The molecule has 0 aliphatic heterocycles. The Labute approximate surface area is 130 Å². The van der Waals surface area contributed by atoms with Gasteiger partial charge in [-0.15, -0.1) is 0 Å². The molecule has 110 valence electrons. The molecule has 21 heavy (non-hydrogen) atoms. The van der Waals surface area contributed by atoms with Gasteiger partial charge in [0.05, 0.1) is 0 Å². The second-order valence-electron chi connectivity index (χ2n) is 5.39. The van der Waals surface area contributed by atoms with Crippen molar-refractivity contribution in [3.8, 4) is 0 Å². The molecule has 0 radical (unpaired) electrons. The van der Waals surface area contributed by atoms with Crippen molar-refractivity contribution in [2.24, 2.45) is 0 Å². The van der Waals surface area contributed by atoms with Crippen LogP contribution in [0, 0.1) is 0 Å². The number of rotatable bonds is 5. The zero-order valence-electron chi connectivity index (χ0n) is 12.6. The average molecular weight is 299 g/mol. The number of benzene rings is 1. The van der Waals surface area contributed by atoms with E-state index in [9.17, 15) is 0 Å². The number of anilines is 1. The van der Waals surface area contributed by atoms with E-state index in [1.165, 1.54) is 40.8 Å². The molecule has 0 fully saturated rings. The van der Waals surface area contributed by atoms with Crippen molar-refractivity contribution in [3.63, 3.8) is 0 Å². The Hall–Kier alpha value is -1.55. The van der Waals surface area contributed by atoms with Crippen LogP contribution < -0.4 is 5.32 Å². The van der Waals surface area contributed by atoms with E-state index in [1.54, 1.807) is 18.1 Å². The summed E-state index contributed by atoms with van der Waals surface area (Å²) in [6, 6.07) is 6.85. The second kappa shape index (κ2) is 6.48. The van der Waals surface area contributed by atoms with Crippen LogP contribution in [-0.4, -0.2) is 17.0 Å². The Morgan fingerprint density at radius 1 is 1.19 bits per heavy atom. The van der Waals surface area contributed by atoms with Gasteiger partial charge in [0.25, 0.3) is 0 Å². The van der Waals surface area contributed by atoms with Crippen molar-refractivity contribution in [1.82, 2.24) is 9.97 Å². The predicted molar refractivity (Wildman–Crippen MR) is 88.2 cm³/mol. The summed E-state index contributed by atoms with van der Waals surface area (Å²) >= 11 is 1.76. The monoisotopic (exact) mass is 299 g/mol. The van der Waals surface area contributed by atoms with Crippen LogP contribution in [0.4, 0.5) is 5.82 Å². The van der Waals surface area contributed by atoms with Gasteiger partial charge >= 0.3 is 0 Å². The van der Waals surface area contributed by atoms with E-state index in [4.69, 9.17) is 0 Å². The van der Waals surface area contributed by atoms with E-state index in [2.05, 4.69) is 40.4 Å². The van der Waals surface area contributed by atoms with E-state index >= 15 is 0 Å². The Bertz CT molecular complexity index is 640. The molecule has 0 unspecified atom stereocenters. The molecule has 0 spiro atoms. The second-order valence-corrected chi connectivity index (χ2v) is 6.45. The summed E-state index contributed by atoms with van der Waals surface area (Å²) in [4.78, 5) is 10.1. The fourth-order valence-corrected chi connectivity index (χ4v) is 3.88. The molecule has 0 atom stereocenters. The SMILES string of the molecule is CCCc1c(NC)ncnc1Sc1ccc2c(c1)CCC2. The Morgan fingerprint density at radius 2 is 2.05 bits per heavy atom. The van der Waals surface area contributed by atoms with Crippen LogP contribution in [0.3, 0.4) is 0 Å². The maximum atomic E-state index is 4.51. The van der Waals surface area contributed by atoms with Crippen molar-refractivity contribution >= 4 is 17.6 Å². The Morgan fingerprint density at radius 3 is 2.86 bits per heavy atom. The van der Waals surface area contributed by atoms with Crippen LogP contribution in [0.5, 0.6) is 0 Å². The van der Waals surface area contributed by atoms with Gasteiger partial charge in [0.1, 0.15) is 17.2 Å². The molecule has 0 saturated carbocycles. The lowest BCUT2D eigenvalue weighted by Crippen LogP contribution is -2.02. The highest BCUT2D eigenvalue weighted by Crippen LogP contribution is 2.34. The molecular weight excluding hydrogens is 278 g/mol. The van der Waals surface area contributed by atoms with Crippen molar-refractivity contribution in [1.29, 1.82) is 0 Å². The summed E-state index contributed by atoms with van der Waals surface area (Å²) < 4.78 is 0. The first-order chi connectivity index (χ1) is 10.3. The summed E-state index contributed by atoms with van der Waals surface area (Å²) in [6.45, 7) is 2.19. The highest BCUT2D eigenvalue weighted by atomic mass is 32.2.